The van der Waals surface area contributed by atoms with Crippen molar-refractivity contribution < 1.29 is 23.1 Å². The highest BCUT2D eigenvalue weighted by Gasteiger charge is 2.47. The number of carboxylic acids is 1. The van der Waals surface area contributed by atoms with Gasteiger partial charge in [0.25, 0.3) is 0 Å². The molecule has 0 aromatic rings. The lowest BCUT2D eigenvalue weighted by Crippen LogP contribution is -2.42. The molecule has 8 heteroatoms. The van der Waals surface area contributed by atoms with Crippen molar-refractivity contribution in [1.82, 2.24) is 4.90 Å². The summed E-state index contributed by atoms with van der Waals surface area (Å²) in [5.41, 5.74) is 4.95. The molecule has 1 heterocycles. The predicted molar refractivity (Wildman–Crippen MR) is 76.3 cm³/mol. The SMILES string of the molecule is NC(=O)CCS(=O)(=O)CCN1CC2CCCC2C1C(=O)O. The monoisotopic (exact) mass is 318 g/mol. The molecule has 0 radical (unpaired) electrons. The zero-order valence-corrected chi connectivity index (χ0v) is 12.7. The average molecular weight is 318 g/mol. The van der Waals surface area contributed by atoms with Gasteiger partial charge in [-0.2, -0.15) is 0 Å². The van der Waals surface area contributed by atoms with Crippen molar-refractivity contribution in [3.8, 4) is 0 Å². The number of rotatable bonds is 7. The minimum absolute atomic E-state index is 0.122. The van der Waals surface area contributed by atoms with Crippen LogP contribution in [0.3, 0.4) is 0 Å². The van der Waals surface area contributed by atoms with Crippen LogP contribution in [0.2, 0.25) is 0 Å². The van der Waals surface area contributed by atoms with Crippen molar-refractivity contribution >= 4 is 21.7 Å². The number of carbonyl (C=O) groups is 2. The number of aliphatic carboxylic acids is 1. The molecule has 2 aliphatic rings. The predicted octanol–water partition coefficient (Wildman–Crippen LogP) is -0.538. The second-order valence-electron chi connectivity index (χ2n) is 6.00. The van der Waals surface area contributed by atoms with E-state index in [1.165, 1.54) is 0 Å². The molecule has 0 spiro atoms. The third kappa shape index (κ3) is 3.94. The quantitative estimate of drug-likeness (QED) is 0.651. The molecular formula is C13H22N2O5S. The van der Waals surface area contributed by atoms with Gasteiger partial charge in [0, 0.05) is 19.5 Å². The van der Waals surface area contributed by atoms with Crippen molar-refractivity contribution in [2.24, 2.45) is 17.6 Å². The van der Waals surface area contributed by atoms with Crippen LogP contribution in [0.25, 0.3) is 0 Å². The minimum atomic E-state index is -3.37. The summed E-state index contributed by atoms with van der Waals surface area (Å²) in [5.74, 6) is -1.36. The van der Waals surface area contributed by atoms with Crippen LogP contribution in [-0.4, -0.2) is 60.9 Å². The Bertz CT molecular complexity index is 519. The second kappa shape index (κ2) is 6.31. The first kappa shape index (κ1) is 16.2. The van der Waals surface area contributed by atoms with E-state index in [1.54, 1.807) is 4.90 Å². The van der Waals surface area contributed by atoms with E-state index >= 15 is 0 Å². The van der Waals surface area contributed by atoms with Gasteiger partial charge in [-0.3, -0.25) is 14.5 Å². The third-order valence-corrected chi connectivity index (χ3v) is 6.22. The topological polar surface area (TPSA) is 118 Å². The van der Waals surface area contributed by atoms with Gasteiger partial charge in [0.2, 0.25) is 5.91 Å². The average Bonchev–Trinajstić information content (AvgIpc) is 2.93. The molecule has 0 aromatic heterocycles. The van der Waals surface area contributed by atoms with Crippen molar-refractivity contribution in [3.63, 3.8) is 0 Å². The zero-order chi connectivity index (χ0) is 15.6. The molecule has 120 valence electrons. The summed E-state index contributed by atoms with van der Waals surface area (Å²) in [6.07, 6.45) is 2.81. The van der Waals surface area contributed by atoms with Crippen molar-refractivity contribution in [2.75, 3.05) is 24.6 Å². The van der Waals surface area contributed by atoms with E-state index in [0.29, 0.717) is 12.5 Å². The first-order valence-corrected chi connectivity index (χ1v) is 9.08. The molecule has 2 fully saturated rings. The molecule has 1 saturated carbocycles. The number of amides is 1. The van der Waals surface area contributed by atoms with Crippen molar-refractivity contribution in [1.29, 1.82) is 0 Å². The summed E-state index contributed by atoms with van der Waals surface area (Å²) >= 11 is 0. The fraction of sp³-hybridized carbons (Fsp3) is 0.846. The van der Waals surface area contributed by atoms with E-state index in [4.69, 9.17) is 5.73 Å². The van der Waals surface area contributed by atoms with Gasteiger partial charge in [0.1, 0.15) is 6.04 Å². The number of nitrogens with two attached hydrogens (primary N) is 1. The van der Waals surface area contributed by atoms with Crippen molar-refractivity contribution in [2.45, 2.75) is 31.7 Å². The van der Waals surface area contributed by atoms with Gasteiger partial charge in [-0.1, -0.05) is 6.42 Å². The van der Waals surface area contributed by atoms with E-state index in [9.17, 15) is 23.1 Å². The highest BCUT2D eigenvalue weighted by Crippen LogP contribution is 2.42. The summed E-state index contributed by atoms with van der Waals surface area (Å²) < 4.78 is 23.7. The smallest absolute Gasteiger partial charge is 0.321 e. The fourth-order valence-corrected chi connectivity index (χ4v) is 4.81. The Morgan fingerprint density at radius 2 is 1.95 bits per heavy atom. The van der Waals surface area contributed by atoms with Crippen LogP contribution in [0.5, 0.6) is 0 Å². The summed E-state index contributed by atoms with van der Waals surface area (Å²) in [6, 6.07) is -0.566. The summed E-state index contributed by atoms with van der Waals surface area (Å²) in [5, 5.41) is 9.38. The maximum Gasteiger partial charge on any atom is 0.321 e. The normalized spacial score (nSPS) is 29.4. The number of likely N-dealkylation sites (tertiary alicyclic amines) is 1. The lowest BCUT2D eigenvalue weighted by Gasteiger charge is -2.23. The Kier molecular flexibility index (Phi) is 4.88. The molecule has 1 amide bonds. The molecule has 3 N–H and O–H groups in total. The standard InChI is InChI=1S/C13H22N2O5S/c14-11(16)4-6-21(19,20)7-5-15-8-9-2-1-3-10(9)12(15)13(17)18/h9-10,12H,1-8H2,(H2,14,16)(H,17,18). The largest absolute Gasteiger partial charge is 0.480 e. The van der Waals surface area contributed by atoms with E-state index in [-0.39, 0.29) is 30.4 Å². The Morgan fingerprint density at radius 3 is 2.57 bits per heavy atom. The first-order chi connectivity index (χ1) is 9.80. The Balaban J connectivity index is 1.93. The van der Waals surface area contributed by atoms with Crippen LogP contribution in [0.1, 0.15) is 25.7 Å². The highest BCUT2D eigenvalue weighted by atomic mass is 32.2. The molecule has 1 aliphatic carbocycles. The highest BCUT2D eigenvalue weighted by molar-refractivity contribution is 7.91. The molecule has 0 bridgehead atoms. The van der Waals surface area contributed by atoms with Gasteiger partial charge < -0.3 is 10.8 Å². The number of fused-ring (bicyclic) bond motifs is 1. The molecule has 3 unspecified atom stereocenters. The van der Waals surface area contributed by atoms with Crippen LogP contribution in [0.15, 0.2) is 0 Å². The number of primary amides is 1. The van der Waals surface area contributed by atoms with E-state index in [1.807, 2.05) is 0 Å². The molecule has 1 saturated heterocycles. The lowest BCUT2D eigenvalue weighted by molar-refractivity contribution is -0.143. The number of carboxylic acid groups (broad SMARTS) is 1. The van der Waals surface area contributed by atoms with E-state index < -0.39 is 27.8 Å². The van der Waals surface area contributed by atoms with Crippen LogP contribution < -0.4 is 5.73 Å². The molecule has 0 aromatic carbocycles. The Labute approximate surface area is 124 Å². The van der Waals surface area contributed by atoms with Gasteiger partial charge in [0.15, 0.2) is 9.84 Å². The summed E-state index contributed by atoms with van der Waals surface area (Å²) in [6.45, 7) is 0.873. The van der Waals surface area contributed by atoms with E-state index in [0.717, 1.165) is 19.3 Å². The van der Waals surface area contributed by atoms with E-state index in [2.05, 4.69) is 0 Å². The third-order valence-electron chi connectivity index (χ3n) is 4.59. The van der Waals surface area contributed by atoms with Gasteiger partial charge >= 0.3 is 5.97 Å². The molecule has 21 heavy (non-hydrogen) atoms. The van der Waals surface area contributed by atoms with Gasteiger partial charge in [0.05, 0.1) is 11.5 Å². The maximum absolute atomic E-state index is 11.8. The Hall–Kier alpha value is -1.15. The molecule has 1 aliphatic heterocycles. The zero-order valence-electron chi connectivity index (χ0n) is 11.9. The Morgan fingerprint density at radius 1 is 1.24 bits per heavy atom. The first-order valence-electron chi connectivity index (χ1n) is 7.26. The van der Waals surface area contributed by atoms with Crippen LogP contribution in [0.4, 0.5) is 0 Å². The number of hydrogen-bond donors (Lipinski definition) is 2. The molecule has 7 nitrogen and oxygen atoms in total. The number of carbonyl (C=O) groups excluding carboxylic acids is 1. The van der Waals surface area contributed by atoms with Crippen LogP contribution in [-0.2, 0) is 19.4 Å². The number of nitrogens with zero attached hydrogens (tertiary/aromatic N) is 1. The van der Waals surface area contributed by atoms with Gasteiger partial charge in [-0.05, 0) is 24.7 Å². The van der Waals surface area contributed by atoms with Crippen molar-refractivity contribution in [3.05, 3.63) is 0 Å². The second-order valence-corrected chi connectivity index (χ2v) is 8.30. The van der Waals surface area contributed by atoms with Crippen LogP contribution in [0, 0.1) is 11.8 Å². The number of sulfone groups is 1. The van der Waals surface area contributed by atoms with Gasteiger partial charge in [-0.15, -0.1) is 0 Å². The van der Waals surface area contributed by atoms with Gasteiger partial charge in [-0.25, -0.2) is 8.42 Å². The summed E-state index contributed by atoms with van der Waals surface area (Å²) in [4.78, 5) is 23.9. The maximum atomic E-state index is 11.8. The van der Waals surface area contributed by atoms with Crippen LogP contribution >= 0.6 is 0 Å². The molecule has 3 atom stereocenters. The minimum Gasteiger partial charge on any atom is -0.480 e. The molecule has 2 rings (SSSR count). The molecular weight excluding hydrogens is 296 g/mol. The fourth-order valence-electron chi connectivity index (χ4n) is 3.58. The lowest BCUT2D eigenvalue weighted by atomic mass is 9.94. The summed E-state index contributed by atoms with van der Waals surface area (Å²) in [7, 11) is -3.37. The number of hydrogen-bond acceptors (Lipinski definition) is 5.